The molecule has 1 fully saturated rings. The first kappa shape index (κ1) is 14.5. The van der Waals surface area contributed by atoms with E-state index in [-0.39, 0.29) is 23.6 Å². The van der Waals surface area contributed by atoms with E-state index < -0.39 is 11.5 Å². The number of hydrogen-bond donors (Lipinski definition) is 2. The fraction of sp³-hybridized carbons (Fsp3) is 0.467. The Morgan fingerprint density at radius 2 is 2.00 bits per heavy atom. The normalized spacial score (nSPS) is 23.8. The van der Waals surface area contributed by atoms with Gasteiger partial charge in [-0.1, -0.05) is 19.1 Å². The van der Waals surface area contributed by atoms with Gasteiger partial charge in [0.25, 0.3) is 0 Å². The predicted molar refractivity (Wildman–Crippen MR) is 71.7 cm³/mol. The SMILES string of the molecule is CCC(C)(NC(=O)C1CC1c1ccc(F)cc1)C(=O)O. The summed E-state index contributed by atoms with van der Waals surface area (Å²) in [7, 11) is 0. The number of aliphatic carboxylic acids is 1. The fourth-order valence-electron chi connectivity index (χ4n) is 2.22. The lowest BCUT2D eigenvalue weighted by molar-refractivity contribution is -0.147. The lowest BCUT2D eigenvalue weighted by atomic mass is 9.98. The number of carboxylic acid groups (broad SMARTS) is 1. The maximum absolute atomic E-state index is 12.8. The minimum Gasteiger partial charge on any atom is -0.480 e. The molecule has 1 amide bonds. The van der Waals surface area contributed by atoms with E-state index in [0.717, 1.165) is 5.56 Å². The average Bonchev–Trinajstić information content (AvgIpc) is 3.19. The second kappa shape index (κ2) is 5.23. The monoisotopic (exact) mass is 279 g/mol. The molecule has 1 saturated carbocycles. The maximum Gasteiger partial charge on any atom is 0.329 e. The summed E-state index contributed by atoms with van der Waals surface area (Å²) < 4.78 is 12.8. The van der Waals surface area contributed by atoms with Crippen molar-refractivity contribution < 1.29 is 19.1 Å². The van der Waals surface area contributed by atoms with E-state index >= 15 is 0 Å². The molecule has 3 unspecified atom stereocenters. The summed E-state index contributed by atoms with van der Waals surface area (Å²) in [6.07, 6.45) is 0.999. The molecule has 0 aliphatic heterocycles. The Labute approximate surface area is 117 Å². The van der Waals surface area contributed by atoms with E-state index in [1.54, 1.807) is 19.1 Å². The molecule has 5 heteroatoms. The first-order valence-electron chi connectivity index (χ1n) is 6.68. The average molecular weight is 279 g/mol. The van der Waals surface area contributed by atoms with Gasteiger partial charge in [-0.2, -0.15) is 0 Å². The standard InChI is InChI=1S/C15H18FNO3/c1-3-15(2,14(19)20)17-13(18)12-8-11(12)9-4-6-10(16)7-5-9/h4-7,11-12H,3,8H2,1-2H3,(H,17,18)(H,19,20). The van der Waals surface area contributed by atoms with Crippen LogP contribution in [-0.4, -0.2) is 22.5 Å². The summed E-state index contributed by atoms with van der Waals surface area (Å²) in [6.45, 7) is 3.22. The van der Waals surface area contributed by atoms with Crippen LogP contribution < -0.4 is 5.32 Å². The van der Waals surface area contributed by atoms with Gasteiger partial charge in [0.15, 0.2) is 0 Å². The molecule has 108 valence electrons. The van der Waals surface area contributed by atoms with E-state index in [1.165, 1.54) is 19.1 Å². The summed E-state index contributed by atoms with van der Waals surface area (Å²) >= 11 is 0. The minimum atomic E-state index is -1.23. The van der Waals surface area contributed by atoms with Gasteiger partial charge >= 0.3 is 5.97 Å². The van der Waals surface area contributed by atoms with E-state index in [1.807, 2.05) is 0 Å². The maximum atomic E-state index is 12.8. The number of carbonyl (C=O) groups excluding carboxylic acids is 1. The molecule has 1 aliphatic carbocycles. The van der Waals surface area contributed by atoms with Crippen LogP contribution in [0.2, 0.25) is 0 Å². The molecule has 1 aromatic rings. The highest BCUT2D eigenvalue weighted by molar-refractivity contribution is 5.89. The highest BCUT2D eigenvalue weighted by Crippen LogP contribution is 2.47. The molecule has 1 aliphatic rings. The van der Waals surface area contributed by atoms with Crippen LogP contribution in [0.5, 0.6) is 0 Å². The van der Waals surface area contributed by atoms with Crippen molar-refractivity contribution in [1.29, 1.82) is 0 Å². The molecule has 0 radical (unpaired) electrons. The van der Waals surface area contributed by atoms with Gasteiger partial charge < -0.3 is 10.4 Å². The first-order valence-corrected chi connectivity index (χ1v) is 6.68. The zero-order valence-electron chi connectivity index (χ0n) is 11.5. The molecule has 0 bridgehead atoms. The van der Waals surface area contributed by atoms with Gasteiger partial charge in [-0.3, -0.25) is 4.79 Å². The molecular weight excluding hydrogens is 261 g/mol. The van der Waals surface area contributed by atoms with Crippen molar-refractivity contribution >= 4 is 11.9 Å². The van der Waals surface area contributed by atoms with Gasteiger partial charge in [0, 0.05) is 5.92 Å². The Kier molecular flexibility index (Phi) is 3.79. The van der Waals surface area contributed by atoms with Gasteiger partial charge in [0.1, 0.15) is 11.4 Å². The number of amides is 1. The molecule has 0 saturated heterocycles. The zero-order valence-corrected chi connectivity index (χ0v) is 11.5. The lowest BCUT2D eigenvalue weighted by Crippen LogP contribution is -2.52. The highest BCUT2D eigenvalue weighted by atomic mass is 19.1. The number of hydrogen-bond acceptors (Lipinski definition) is 2. The highest BCUT2D eigenvalue weighted by Gasteiger charge is 2.46. The third kappa shape index (κ3) is 2.81. The molecule has 1 aromatic carbocycles. The van der Waals surface area contributed by atoms with Gasteiger partial charge in [0.05, 0.1) is 0 Å². The van der Waals surface area contributed by atoms with Crippen LogP contribution in [0.25, 0.3) is 0 Å². The first-order chi connectivity index (χ1) is 9.37. The van der Waals surface area contributed by atoms with Crippen LogP contribution in [0, 0.1) is 11.7 Å². The van der Waals surface area contributed by atoms with Gasteiger partial charge in [0.2, 0.25) is 5.91 Å². The third-order valence-corrected chi connectivity index (χ3v) is 4.00. The number of carboxylic acids is 1. The van der Waals surface area contributed by atoms with Crippen LogP contribution in [0.3, 0.4) is 0 Å². The number of nitrogens with one attached hydrogen (secondary N) is 1. The van der Waals surface area contributed by atoms with Crippen molar-refractivity contribution in [2.75, 3.05) is 0 Å². The summed E-state index contributed by atoms with van der Waals surface area (Å²) in [5.74, 6) is -1.74. The summed E-state index contributed by atoms with van der Waals surface area (Å²) in [6, 6.07) is 6.08. The van der Waals surface area contributed by atoms with Gasteiger partial charge in [-0.25, -0.2) is 9.18 Å². The lowest BCUT2D eigenvalue weighted by Gasteiger charge is -2.24. The molecular formula is C15H18FNO3. The van der Waals surface area contributed by atoms with Crippen LogP contribution in [-0.2, 0) is 9.59 Å². The largest absolute Gasteiger partial charge is 0.480 e. The Balaban J connectivity index is 1.99. The van der Waals surface area contributed by atoms with Crippen molar-refractivity contribution in [2.24, 2.45) is 5.92 Å². The quantitative estimate of drug-likeness (QED) is 0.869. The number of benzene rings is 1. The van der Waals surface area contributed by atoms with Crippen LogP contribution >= 0.6 is 0 Å². The second-order valence-corrected chi connectivity index (χ2v) is 5.48. The number of rotatable bonds is 5. The molecule has 0 aromatic heterocycles. The van der Waals surface area contributed by atoms with E-state index in [4.69, 9.17) is 5.11 Å². The van der Waals surface area contributed by atoms with Gasteiger partial charge in [-0.15, -0.1) is 0 Å². The predicted octanol–water partition coefficient (Wildman–Crippen LogP) is 2.30. The molecule has 20 heavy (non-hydrogen) atoms. The molecule has 3 atom stereocenters. The number of carbonyl (C=O) groups is 2. The molecule has 4 nitrogen and oxygen atoms in total. The Morgan fingerprint density at radius 1 is 1.40 bits per heavy atom. The smallest absolute Gasteiger partial charge is 0.329 e. The van der Waals surface area contributed by atoms with E-state index in [0.29, 0.717) is 12.8 Å². The molecule has 2 N–H and O–H groups in total. The Hall–Kier alpha value is -1.91. The van der Waals surface area contributed by atoms with Crippen LogP contribution in [0.1, 0.15) is 38.2 Å². The summed E-state index contributed by atoms with van der Waals surface area (Å²) in [5, 5.41) is 11.7. The van der Waals surface area contributed by atoms with Crippen molar-refractivity contribution in [2.45, 2.75) is 38.1 Å². The van der Waals surface area contributed by atoms with E-state index in [2.05, 4.69) is 5.32 Å². The summed E-state index contributed by atoms with van der Waals surface area (Å²) in [4.78, 5) is 23.2. The molecule has 0 spiro atoms. The molecule has 0 heterocycles. The zero-order chi connectivity index (χ0) is 14.9. The van der Waals surface area contributed by atoms with E-state index in [9.17, 15) is 14.0 Å². The topological polar surface area (TPSA) is 66.4 Å². The Morgan fingerprint density at radius 3 is 2.50 bits per heavy atom. The second-order valence-electron chi connectivity index (χ2n) is 5.48. The Bertz CT molecular complexity index is 528. The minimum absolute atomic E-state index is 0.0606. The van der Waals surface area contributed by atoms with Crippen molar-refractivity contribution in [3.05, 3.63) is 35.6 Å². The third-order valence-electron chi connectivity index (χ3n) is 4.00. The van der Waals surface area contributed by atoms with Crippen LogP contribution in [0.4, 0.5) is 4.39 Å². The van der Waals surface area contributed by atoms with Crippen molar-refractivity contribution in [3.63, 3.8) is 0 Å². The summed E-state index contributed by atoms with van der Waals surface area (Å²) in [5.41, 5.74) is -0.312. The number of halogens is 1. The van der Waals surface area contributed by atoms with Crippen molar-refractivity contribution in [1.82, 2.24) is 5.32 Å². The molecule has 2 rings (SSSR count). The van der Waals surface area contributed by atoms with Crippen molar-refractivity contribution in [3.8, 4) is 0 Å². The fourth-order valence-corrected chi connectivity index (χ4v) is 2.22. The van der Waals surface area contributed by atoms with Gasteiger partial charge in [-0.05, 0) is 43.4 Å². The van der Waals surface area contributed by atoms with Crippen LogP contribution in [0.15, 0.2) is 24.3 Å².